The minimum Gasteiger partial charge on any atom is -0.497 e. The second-order valence-electron chi connectivity index (χ2n) is 3.36. The Morgan fingerprint density at radius 2 is 1.88 bits per heavy atom. The summed E-state index contributed by atoms with van der Waals surface area (Å²) in [6, 6.07) is 12.4. The molecule has 0 aliphatic rings. The zero-order valence-corrected chi connectivity index (χ0v) is 10.7. The molecule has 4 heteroatoms. The maximum atomic E-state index is 13.3. The van der Waals surface area contributed by atoms with E-state index in [9.17, 15) is 4.39 Å². The van der Waals surface area contributed by atoms with Gasteiger partial charge in [0.05, 0.1) is 12.1 Å². The van der Waals surface area contributed by atoms with Gasteiger partial charge in [0.2, 0.25) is 0 Å². The van der Waals surface area contributed by atoms with Gasteiger partial charge in [-0.1, -0.05) is 29.4 Å². The van der Waals surface area contributed by atoms with Crippen LogP contribution in [0.3, 0.4) is 0 Å². The lowest BCUT2D eigenvalue weighted by Gasteiger charge is -2.04. The van der Waals surface area contributed by atoms with Crippen LogP contribution in [-0.2, 0) is 0 Å². The quantitative estimate of drug-likeness (QED) is 0.802. The molecule has 0 saturated carbocycles. The van der Waals surface area contributed by atoms with Crippen LogP contribution in [-0.4, -0.2) is 7.11 Å². The van der Waals surface area contributed by atoms with E-state index in [0.717, 1.165) is 15.5 Å². The van der Waals surface area contributed by atoms with Crippen LogP contribution in [0.2, 0.25) is 5.02 Å². The van der Waals surface area contributed by atoms with E-state index in [4.69, 9.17) is 16.3 Å². The largest absolute Gasteiger partial charge is 0.497 e. The van der Waals surface area contributed by atoms with Crippen LogP contribution in [0.4, 0.5) is 4.39 Å². The van der Waals surface area contributed by atoms with Crippen molar-refractivity contribution in [2.45, 2.75) is 9.79 Å². The molecular weight excluding hydrogens is 259 g/mol. The Balaban J connectivity index is 2.22. The van der Waals surface area contributed by atoms with Gasteiger partial charge < -0.3 is 4.74 Å². The summed E-state index contributed by atoms with van der Waals surface area (Å²) in [6.07, 6.45) is 0. The standard InChI is InChI=1S/C13H10ClFOS/c1-16-9-3-2-4-10(7-9)17-11-5-6-12(14)13(15)8-11/h2-8H,1H3. The van der Waals surface area contributed by atoms with E-state index >= 15 is 0 Å². The maximum Gasteiger partial charge on any atom is 0.142 e. The van der Waals surface area contributed by atoms with Crippen molar-refractivity contribution in [3.8, 4) is 5.75 Å². The molecule has 0 N–H and O–H groups in total. The molecule has 0 saturated heterocycles. The number of benzene rings is 2. The average Bonchev–Trinajstić information content (AvgIpc) is 2.34. The van der Waals surface area contributed by atoms with Crippen LogP contribution in [0, 0.1) is 5.82 Å². The predicted octanol–water partition coefficient (Wildman–Crippen LogP) is 4.64. The summed E-state index contributed by atoms with van der Waals surface area (Å²) in [5.41, 5.74) is 0. The summed E-state index contributed by atoms with van der Waals surface area (Å²) in [5.74, 6) is 0.379. The Kier molecular flexibility index (Phi) is 3.92. The third-order valence-electron chi connectivity index (χ3n) is 2.17. The molecule has 0 atom stereocenters. The van der Waals surface area contributed by atoms with E-state index < -0.39 is 5.82 Å². The van der Waals surface area contributed by atoms with E-state index in [2.05, 4.69) is 0 Å². The van der Waals surface area contributed by atoms with Gasteiger partial charge >= 0.3 is 0 Å². The zero-order valence-electron chi connectivity index (χ0n) is 9.11. The Hall–Kier alpha value is -1.19. The molecule has 2 aromatic rings. The molecule has 0 amide bonds. The van der Waals surface area contributed by atoms with Gasteiger partial charge in [-0.2, -0.15) is 0 Å². The SMILES string of the molecule is COc1cccc(Sc2ccc(Cl)c(F)c2)c1. The van der Waals surface area contributed by atoms with E-state index in [0.29, 0.717) is 0 Å². The molecule has 0 heterocycles. The van der Waals surface area contributed by atoms with Crippen LogP contribution >= 0.6 is 23.4 Å². The zero-order chi connectivity index (χ0) is 12.3. The molecule has 17 heavy (non-hydrogen) atoms. The lowest BCUT2D eigenvalue weighted by Crippen LogP contribution is -1.83. The summed E-state index contributed by atoms with van der Waals surface area (Å²) >= 11 is 7.09. The number of halogens is 2. The lowest BCUT2D eigenvalue weighted by molar-refractivity contribution is 0.413. The predicted molar refractivity (Wildman–Crippen MR) is 68.5 cm³/mol. The first kappa shape index (κ1) is 12.3. The van der Waals surface area contributed by atoms with Crippen molar-refractivity contribution in [3.63, 3.8) is 0 Å². The maximum absolute atomic E-state index is 13.3. The second-order valence-corrected chi connectivity index (χ2v) is 4.91. The molecule has 0 radical (unpaired) electrons. The number of hydrogen-bond acceptors (Lipinski definition) is 2. The number of hydrogen-bond donors (Lipinski definition) is 0. The topological polar surface area (TPSA) is 9.23 Å². The molecule has 0 aliphatic heterocycles. The first-order chi connectivity index (χ1) is 8.19. The van der Waals surface area contributed by atoms with Crippen molar-refractivity contribution in [1.29, 1.82) is 0 Å². The second kappa shape index (κ2) is 5.43. The van der Waals surface area contributed by atoms with E-state index in [-0.39, 0.29) is 5.02 Å². The Labute approximate surface area is 109 Å². The highest BCUT2D eigenvalue weighted by atomic mass is 35.5. The van der Waals surface area contributed by atoms with Crippen molar-refractivity contribution >= 4 is 23.4 Å². The molecule has 1 nitrogen and oxygen atoms in total. The fourth-order valence-corrected chi connectivity index (χ4v) is 2.35. The van der Waals surface area contributed by atoms with E-state index in [1.54, 1.807) is 19.2 Å². The molecule has 0 aliphatic carbocycles. The normalized spacial score (nSPS) is 10.3. The minimum absolute atomic E-state index is 0.139. The van der Waals surface area contributed by atoms with Gasteiger partial charge in [-0.05, 0) is 36.4 Å². The highest BCUT2D eigenvalue weighted by molar-refractivity contribution is 7.99. The van der Waals surface area contributed by atoms with Crippen LogP contribution < -0.4 is 4.74 Å². The van der Waals surface area contributed by atoms with Crippen LogP contribution in [0.15, 0.2) is 52.3 Å². The van der Waals surface area contributed by atoms with Gasteiger partial charge in [0.25, 0.3) is 0 Å². The summed E-state index contributed by atoms with van der Waals surface area (Å²) in [7, 11) is 1.62. The van der Waals surface area contributed by atoms with Gasteiger partial charge in [0, 0.05) is 9.79 Å². The monoisotopic (exact) mass is 268 g/mol. The highest BCUT2D eigenvalue weighted by Gasteiger charge is 2.03. The van der Waals surface area contributed by atoms with Gasteiger partial charge in [0.15, 0.2) is 0 Å². The Bertz CT molecular complexity index is 531. The third-order valence-corrected chi connectivity index (χ3v) is 3.45. The number of ether oxygens (including phenoxy) is 1. The Morgan fingerprint density at radius 3 is 2.59 bits per heavy atom. The van der Waals surface area contributed by atoms with Gasteiger partial charge in [-0.15, -0.1) is 0 Å². The van der Waals surface area contributed by atoms with Crippen LogP contribution in [0.25, 0.3) is 0 Å². The van der Waals surface area contributed by atoms with Gasteiger partial charge in [-0.3, -0.25) is 0 Å². The van der Waals surface area contributed by atoms with Crippen molar-refractivity contribution in [2.75, 3.05) is 7.11 Å². The summed E-state index contributed by atoms with van der Waals surface area (Å²) in [6.45, 7) is 0. The molecule has 0 aromatic heterocycles. The van der Waals surface area contributed by atoms with Crippen LogP contribution in [0.1, 0.15) is 0 Å². The molecule has 2 aromatic carbocycles. The fourth-order valence-electron chi connectivity index (χ4n) is 1.34. The molecule has 0 bridgehead atoms. The molecule has 0 spiro atoms. The first-order valence-electron chi connectivity index (χ1n) is 4.96. The minimum atomic E-state index is -0.403. The smallest absolute Gasteiger partial charge is 0.142 e. The van der Waals surface area contributed by atoms with Crippen molar-refractivity contribution in [3.05, 3.63) is 53.3 Å². The molecule has 88 valence electrons. The van der Waals surface area contributed by atoms with Crippen molar-refractivity contribution < 1.29 is 9.13 Å². The van der Waals surface area contributed by atoms with Crippen molar-refractivity contribution in [2.24, 2.45) is 0 Å². The average molecular weight is 269 g/mol. The first-order valence-corrected chi connectivity index (χ1v) is 6.15. The highest BCUT2D eigenvalue weighted by Crippen LogP contribution is 2.31. The van der Waals surface area contributed by atoms with Crippen molar-refractivity contribution in [1.82, 2.24) is 0 Å². The molecule has 2 rings (SSSR count). The van der Waals surface area contributed by atoms with Gasteiger partial charge in [-0.25, -0.2) is 4.39 Å². The molecule has 0 fully saturated rings. The van der Waals surface area contributed by atoms with E-state index in [1.165, 1.54) is 17.8 Å². The summed E-state index contributed by atoms with van der Waals surface area (Å²) < 4.78 is 18.4. The van der Waals surface area contributed by atoms with Gasteiger partial charge in [0.1, 0.15) is 11.6 Å². The van der Waals surface area contributed by atoms with E-state index in [1.807, 2.05) is 24.3 Å². The Morgan fingerprint density at radius 1 is 1.12 bits per heavy atom. The number of methoxy groups -OCH3 is 1. The summed E-state index contributed by atoms with van der Waals surface area (Å²) in [5, 5.41) is 0.139. The fraction of sp³-hybridized carbons (Fsp3) is 0.0769. The third kappa shape index (κ3) is 3.14. The lowest BCUT2D eigenvalue weighted by atomic mass is 10.3. The summed E-state index contributed by atoms with van der Waals surface area (Å²) in [4.78, 5) is 1.80. The molecular formula is C13H10ClFOS. The molecule has 0 unspecified atom stereocenters. The number of rotatable bonds is 3. The van der Waals surface area contributed by atoms with Crippen LogP contribution in [0.5, 0.6) is 5.75 Å².